The molecule has 1 rings (SSSR count). The van der Waals surface area contributed by atoms with E-state index >= 15 is 0 Å². The quantitative estimate of drug-likeness (QED) is 0.613. The molecule has 1 aromatic rings. The topological polar surface area (TPSA) is 77.2 Å². The Morgan fingerprint density at radius 3 is 2.59 bits per heavy atom. The molecule has 0 aliphatic carbocycles. The lowest BCUT2D eigenvalue weighted by Gasteiger charge is -1.97. The summed E-state index contributed by atoms with van der Waals surface area (Å²) in [5.41, 5.74) is 0. The summed E-state index contributed by atoms with van der Waals surface area (Å²) in [4.78, 5) is 12.2. The van der Waals surface area contributed by atoms with Crippen molar-refractivity contribution >= 4 is 27.1 Å². The van der Waals surface area contributed by atoms with Crippen LogP contribution >= 0.6 is 11.3 Å². The first-order valence-electron chi connectivity index (χ1n) is 5.59. The molecule has 0 spiro atoms. The van der Waals surface area contributed by atoms with Crippen molar-refractivity contribution in [3.05, 3.63) is 16.3 Å². The lowest BCUT2D eigenvalue weighted by Crippen LogP contribution is -2.10. The average Bonchev–Trinajstić information content (AvgIpc) is 2.72. The van der Waals surface area contributed by atoms with Crippen LogP contribution in [-0.4, -0.2) is 14.2 Å². The van der Waals surface area contributed by atoms with Crippen molar-refractivity contribution in [1.82, 2.24) is 0 Å². The second-order valence-electron chi connectivity index (χ2n) is 3.93. The fraction of sp³-hybridized carbons (Fsp3) is 0.545. The number of primary sulfonamides is 1. The molecule has 17 heavy (non-hydrogen) atoms. The highest BCUT2D eigenvalue weighted by atomic mass is 32.2. The number of hydrogen-bond donors (Lipinski definition) is 1. The maximum Gasteiger partial charge on any atom is 0.238 e. The smallest absolute Gasteiger partial charge is 0.238 e. The maximum absolute atomic E-state index is 11.7. The van der Waals surface area contributed by atoms with Crippen molar-refractivity contribution in [3.8, 4) is 0 Å². The molecule has 0 saturated heterocycles. The number of nitrogens with two attached hydrogens (primary N) is 1. The van der Waals surface area contributed by atoms with Gasteiger partial charge in [0.05, 0.1) is 9.77 Å². The molecule has 0 aromatic carbocycles. The normalized spacial score (nSPS) is 11.6. The van der Waals surface area contributed by atoms with Crippen LogP contribution in [0.1, 0.15) is 48.7 Å². The van der Waals surface area contributed by atoms with Gasteiger partial charge in [-0.2, -0.15) is 0 Å². The van der Waals surface area contributed by atoms with Gasteiger partial charge in [0.25, 0.3) is 0 Å². The summed E-state index contributed by atoms with van der Waals surface area (Å²) in [5.74, 6) is 0.000929. The molecular formula is C11H17NO3S2. The van der Waals surface area contributed by atoms with Crippen LogP contribution in [0.2, 0.25) is 0 Å². The van der Waals surface area contributed by atoms with E-state index in [1.54, 1.807) is 0 Å². The van der Waals surface area contributed by atoms with Gasteiger partial charge >= 0.3 is 0 Å². The van der Waals surface area contributed by atoms with E-state index in [4.69, 9.17) is 5.14 Å². The minimum Gasteiger partial charge on any atom is -0.293 e. The minimum atomic E-state index is -3.69. The Balaban J connectivity index is 2.56. The monoisotopic (exact) mass is 275 g/mol. The maximum atomic E-state index is 11.7. The summed E-state index contributed by atoms with van der Waals surface area (Å²) in [6.07, 6.45) is 4.62. The molecular weight excluding hydrogens is 258 g/mol. The minimum absolute atomic E-state index is 0.000929. The van der Waals surface area contributed by atoms with Crippen LogP contribution in [0.3, 0.4) is 0 Å². The first-order chi connectivity index (χ1) is 7.95. The first kappa shape index (κ1) is 14.3. The Hall–Kier alpha value is -0.720. The van der Waals surface area contributed by atoms with Gasteiger partial charge in [0.1, 0.15) is 0 Å². The second kappa shape index (κ2) is 6.28. The fourth-order valence-corrected chi connectivity index (χ4v) is 3.23. The van der Waals surface area contributed by atoms with Crippen LogP contribution in [0, 0.1) is 0 Å². The van der Waals surface area contributed by atoms with Crippen LogP contribution < -0.4 is 5.14 Å². The zero-order valence-corrected chi connectivity index (χ0v) is 11.4. The number of ketones is 1. The van der Waals surface area contributed by atoms with Crippen LogP contribution in [0.5, 0.6) is 0 Å². The van der Waals surface area contributed by atoms with Gasteiger partial charge in [-0.15, -0.1) is 11.3 Å². The summed E-state index contributed by atoms with van der Waals surface area (Å²) < 4.78 is 22.1. The van der Waals surface area contributed by atoms with Crippen LogP contribution in [0.25, 0.3) is 0 Å². The molecule has 6 heteroatoms. The average molecular weight is 275 g/mol. The molecule has 0 amide bonds. The number of carbonyl (C=O) groups excluding carboxylic acids is 1. The number of thiophene rings is 1. The molecule has 0 radical (unpaired) electrons. The summed E-state index contributed by atoms with van der Waals surface area (Å²) in [6, 6.07) is 1.36. The number of carbonyl (C=O) groups is 1. The third-order valence-corrected chi connectivity index (χ3v) is 4.45. The van der Waals surface area contributed by atoms with Crippen LogP contribution in [0.15, 0.2) is 16.3 Å². The van der Waals surface area contributed by atoms with E-state index in [1.807, 2.05) is 0 Å². The van der Waals surface area contributed by atoms with Gasteiger partial charge in [0, 0.05) is 11.8 Å². The van der Waals surface area contributed by atoms with E-state index in [9.17, 15) is 13.2 Å². The fourth-order valence-electron chi connectivity index (χ4n) is 1.45. The van der Waals surface area contributed by atoms with Crippen LogP contribution in [-0.2, 0) is 10.0 Å². The molecule has 0 aliphatic rings. The van der Waals surface area contributed by atoms with E-state index in [2.05, 4.69) is 6.92 Å². The molecule has 0 fully saturated rings. The first-order valence-corrected chi connectivity index (χ1v) is 8.02. The van der Waals surface area contributed by atoms with Crippen molar-refractivity contribution in [2.45, 2.75) is 43.9 Å². The number of sulfonamides is 1. The molecule has 0 unspecified atom stereocenters. The molecule has 0 saturated carbocycles. The number of Topliss-reactive ketones (excluding diaryl/α,β-unsaturated/α-hetero) is 1. The standard InChI is InChI=1S/C11H17NO3S2/c1-2-3-4-5-6-10(13)11-7-9(8-16-11)17(12,14)15/h7-8H,2-6H2,1H3,(H2,12,14,15). The van der Waals surface area contributed by atoms with Crippen LogP contribution in [0.4, 0.5) is 0 Å². The van der Waals surface area contributed by atoms with Gasteiger partial charge in [-0.3, -0.25) is 4.79 Å². The third-order valence-electron chi connectivity index (χ3n) is 2.44. The predicted molar refractivity (Wildman–Crippen MR) is 68.8 cm³/mol. The number of hydrogen-bond acceptors (Lipinski definition) is 4. The van der Waals surface area contributed by atoms with Crippen molar-refractivity contribution in [2.75, 3.05) is 0 Å². The zero-order valence-electron chi connectivity index (χ0n) is 9.81. The van der Waals surface area contributed by atoms with E-state index in [0.29, 0.717) is 11.3 Å². The number of rotatable bonds is 7. The van der Waals surface area contributed by atoms with E-state index in [1.165, 1.54) is 11.4 Å². The number of unbranched alkanes of at least 4 members (excludes halogenated alkanes) is 3. The van der Waals surface area contributed by atoms with Gasteiger partial charge in [0.15, 0.2) is 5.78 Å². The Kier molecular flexibility index (Phi) is 5.30. The van der Waals surface area contributed by atoms with E-state index in [0.717, 1.165) is 37.0 Å². The summed E-state index contributed by atoms with van der Waals surface area (Å²) >= 11 is 1.14. The lowest BCUT2D eigenvalue weighted by atomic mass is 10.1. The molecule has 96 valence electrons. The highest BCUT2D eigenvalue weighted by molar-refractivity contribution is 7.89. The van der Waals surface area contributed by atoms with Gasteiger partial charge in [0.2, 0.25) is 10.0 Å². The van der Waals surface area contributed by atoms with E-state index < -0.39 is 10.0 Å². The molecule has 0 atom stereocenters. The Morgan fingerprint density at radius 2 is 2.06 bits per heavy atom. The molecule has 2 N–H and O–H groups in total. The molecule has 4 nitrogen and oxygen atoms in total. The lowest BCUT2D eigenvalue weighted by molar-refractivity contribution is 0.0983. The predicted octanol–water partition coefficient (Wildman–Crippen LogP) is 2.55. The highest BCUT2D eigenvalue weighted by Gasteiger charge is 2.14. The zero-order chi connectivity index (χ0) is 12.9. The Bertz CT molecular complexity index is 477. The third kappa shape index (κ3) is 4.57. The van der Waals surface area contributed by atoms with Crippen molar-refractivity contribution < 1.29 is 13.2 Å². The van der Waals surface area contributed by atoms with Gasteiger partial charge in [-0.1, -0.05) is 26.2 Å². The summed E-state index contributed by atoms with van der Waals surface area (Å²) in [5, 5.41) is 6.39. The van der Waals surface area contributed by atoms with Gasteiger partial charge in [-0.25, -0.2) is 13.6 Å². The Morgan fingerprint density at radius 1 is 1.35 bits per heavy atom. The van der Waals surface area contributed by atoms with Crippen molar-refractivity contribution in [2.24, 2.45) is 5.14 Å². The molecule has 1 aromatic heterocycles. The largest absolute Gasteiger partial charge is 0.293 e. The van der Waals surface area contributed by atoms with Crippen molar-refractivity contribution in [1.29, 1.82) is 0 Å². The summed E-state index contributed by atoms with van der Waals surface area (Å²) in [6.45, 7) is 2.11. The van der Waals surface area contributed by atoms with E-state index in [-0.39, 0.29) is 10.7 Å². The highest BCUT2D eigenvalue weighted by Crippen LogP contribution is 2.20. The SMILES string of the molecule is CCCCCCC(=O)c1cc(S(N)(=O)=O)cs1. The molecule has 0 aliphatic heterocycles. The van der Waals surface area contributed by atoms with Gasteiger partial charge < -0.3 is 0 Å². The summed E-state index contributed by atoms with van der Waals surface area (Å²) in [7, 11) is -3.69. The molecule has 0 bridgehead atoms. The Labute approximate surface area is 106 Å². The van der Waals surface area contributed by atoms with Crippen molar-refractivity contribution in [3.63, 3.8) is 0 Å². The molecule has 1 heterocycles. The second-order valence-corrected chi connectivity index (χ2v) is 6.40. The van der Waals surface area contributed by atoms with Gasteiger partial charge in [-0.05, 0) is 12.5 Å².